The molecule has 0 aliphatic rings. The van der Waals surface area contributed by atoms with Crippen LogP contribution in [0.15, 0.2) is 0 Å². The first-order valence-corrected chi connectivity index (χ1v) is 2.29. The van der Waals surface area contributed by atoms with Gasteiger partial charge in [0, 0.05) is 53.8 Å². The second kappa shape index (κ2) is 28.2. The Morgan fingerprint density at radius 2 is 1.50 bits per heavy atom. The third-order valence-corrected chi connectivity index (χ3v) is 0. The molecule has 0 amide bonds. The van der Waals surface area contributed by atoms with Crippen molar-refractivity contribution in [3.8, 4) is 0 Å². The van der Waals surface area contributed by atoms with Crippen LogP contribution in [0, 0.1) is 7.43 Å². The summed E-state index contributed by atoms with van der Waals surface area (Å²) in [6.45, 7) is 1.99. The molecule has 0 rings (SSSR count). The van der Waals surface area contributed by atoms with Gasteiger partial charge in [0.1, 0.15) is 0 Å². The van der Waals surface area contributed by atoms with E-state index in [1.807, 2.05) is 6.66 Å². The summed E-state index contributed by atoms with van der Waals surface area (Å²) in [6, 6.07) is 0. The van der Waals surface area contributed by atoms with Crippen LogP contribution >= 0.6 is 8.20 Å². The third kappa shape index (κ3) is 38.1. The van der Waals surface area contributed by atoms with E-state index in [2.05, 4.69) is 6.30 Å². The summed E-state index contributed by atoms with van der Waals surface area (Å²) >= 11 is 0. The Labute approximate surface area is 81.4 Å². The molecule has 0 nitrogen and oxygen atoms in total. The van der Waals surface area contributed by atoms with Gasteiger partial charge in [-0.3, -0.25) is 0 Å². The third-order valence-electron chi connectivity index (χ3n) is 0. The normalized spacial score (nSPS) is 3.50. The summed E-state index contributed by atoms with van der Waals surface area (Å²) in [7, 11) is 1.17. The second-order valence-corrected chi connectivity index (χ2v) is 0.949. The molecule has 3 heteroatoms. The zero-order valence-electron chi connectivity index (χ0n) is 4.14. The van der Waals surface area contributed by atoms with Gasteiger partial charge in [-0.2, -0.15) is 0 Å². The molecule has 0 unspecified atom stereocenters. The van der Waals surface area contributed by atoms with Crippen LogP contribution in [0.25, 0.3) is 0 Å². The van der Waals surface area contributed by atoms with E-state index >= 15 is 0 Å². The minimum Gasteiger partial charge on any atom is -0.358 e. The Bertz CT molecular complexity index is 18.3. The molecule has 0 aromatic carbocycles. The first-order chi connectivity index (χ1) is 1.41. The predicted octanol–water partition coefficient (Wildman–Crippen LogP) is 1.44. The quantitative estimate of drug-likeness (QED) is 0.459. The maximum absolute atomic E-state index is 3.46. The first kappa shape index (κ1) is 24.6. The molecule has 0 aromatic rings. The minimum absolute atomic E-state index is 0. The summed E-state index contributed by atoms with van der Waals surface area (Å²) in [5, 5.41) is 0. The van der Waals surface area contributed by atoms with Crippen molar-refractivity contribution in [3.05, 3.63) is 7.43 Å². The molecule has 0 saturated carbocycles. The monoisotopic (exact) mass is 348 g/mol. The smallest absolute Gasteiger partial charge is 0 e. The van der Waals surface area contributed by atoms with Crippen molar-refractivity contribution in [1.29, 1.82) is 0 Å². The molecule has 0 spiro atoms. The van der Waals surface area contributed by atoms with Gasteiger partial charge in [0.05, 0.1) is 0 Å². The maximum atomic E-state index is 3.46. The molecule has 0 atom stereocenters. The first-order valence-electron chi connectivity index (χ1n) is 0.763. The van der Waals surface area contributed by atoms with Crippen LogP contribution in [0.1, 0.15) is 0 Å². The van der Waals surface area contributed by atoms with Crippen LogP contribution < -0.4 is 0 Å². The Hall–Kier alpha value is 1.96. The van der Waals surface area contributed by atoms with E-state index in [1.54, 1.807) is 0 Å². The Morgan fingerprint density at radius 3 is 1.50 bits per heavy atom. The number of rotatable bonds is 0. The summed E-state index contributed by atoms with van der Waals surface area (Å²) in [5.74, 6) is 0. The molecule has 35 valence electrons. The Balaban J connectivity index is -0.00000000667. The van der Waals surface area contributed by atoms with E-state index < -0.39 is 0 Å². The van der Waals surface area contributed by atoms with Gasteiger partial charge in [0.25, 0.3) is 0 Å². The summed E-state index contributed by atoms with van der Waals surface area (Å²) in [5.41, 5.74) is 0. The zero-order chi connectivity index (χ0) is 2.71. The van der Waals surface area contributed by atoms with E-state index in [0.717, 1.165) is 0 Å². The molecule has 0 aliphatic carbocycles. The van der Waals surface area contributed by atoms with E-state index in [4.69, 9.17) is 0 Å². The van der Waals surface area contributed by atoms with Gasteiger partial charge in [0.2, 0.25) is 0 Å². The topological polar surface area (TPSA) is 0 Å². The molecule has 0 aromatic heterocycles. The fourth-order valence-corrected chi connectivity index (χ4v) is 0. The minimum atomic E-state index is 0. The van der Waals surface area contributed by atoms with Crippen molar-refractivity contribution in [3.63, 3.8) is 0 Å². The molecule has 0 N–H and O–H groups in total. The average Bonchev–Trinajstić information content (AvgIpc) is 0.918. The SMILES string of the molecule is C=PC.[CH3-].[W].[Y]. The van der Waals surface area contributed by atoms with Crippen molar-refractivity contribution in [2.75, 3.05) is 6.66 Å². The van der Waals surface area contributed by atoms with Crippen LogP contribution in [0.3, 0.4) is 0 Å². The van der Waals surface area contributed by atoms with Gasteiger partial charge in [-0.1, -0.05) is 6.30 Å². The Morgan fingerprint density at radius 1 is 1.50 bits per heavy atom. The van der Waals surface area contributed by atoms with E-state index in [9.17, 15) is 0 Å². The maximum Gasteiger partial charge on any atom is 0 e. The predicted molar refractivity (Wildman–Crippen MR) is 26.4 cm³/mol. The van der Waals surface area contributed by atoms with Gasteiger partial charge < -0.3 is 7.43 Å². The van der Waals surface area contributed by atoms with E-state index in [-0.39, 0.29) is 61.2 Å². The van der Waals surface area contributed by atoms with Gasteiger partial charge in [0.15, 0.2) is 0 Å². The standard InChI is InChI=1S/C2H5P.CH3.W.Y/c1-3-2;;;/h1H2,2H3;1H3;;/q;-1;;. The zero-order valence-corrected chi connectivity index (χ0v) is 10.8. The fraction of sp³-hybridized carbons (Fsp3) is 0.333. The van der Waals surface area contributed by atoms with Gasteiger partial charge >= 0.3 is 0 Å². The Kier molecular flexibility index (Phi) is 116. The molecule has 0 aliphatic heterocycles. The van der Waals surface area contributed by atoms with Crippen molar-refractivity contribution in [1.82, 2.24) is 0 Å². The average molecular weight is 348 g/mol. The van der Waals surface area contributed by atoms with Crippen LogP contribution in [-0.4, -0.2) is 13.0 Å². The van der Waals surface area contributed by atoms with Gasteiger partial charge in [-0.05, 0) is 6.66 Å². The van der Waals surface area contributed by atoms with Crippen LogP contribution in [0.2, 0.25) is 0 Å². The summed E-state index contributed by atoms with van der Waals surface area (Å²) in [4.78, 5) is 0. The largest absolute Gasteiger partial charge is 0.358 e. The van der Waals surface area contributed by atoms with Crippen molar-refractivity contribution in [2.45, 2.75) is 0 Å². The molecule has 0 heterocycles. The van der Waals surface area contributed by atoms with Crippen molar-refractivity contribution in [2.24, 2.45) is 0 Å². The van der Waals surface area contributed by atoms with Crippen LogP contribution in [-0.2, 0) is 53.8 Å². The fourth-order valence-electron chi connectivity index (χ4n) is 0. The molecule has 0 fully saturated rings. The molecule has 1 radical (unpaired) electrons. The summed E-state index contributed by atoms with van der Waals surface area (Å²) < 4.78 is 0. The van der Waals surface area contributed by atoms with Crippen LogP contribution in [0.4, 0.5) is 0 Å². The molecular weight excluding hydrogens is 340 g/mol. The molecule has 0 saturated heterocycles. The van der Waals surface area contributed by atoms with Crippen LogP contribution in [0.5, 0.6) is 0 Å². The van der Waals surface area contributed by atoms with Gasteiger partial charge in [-0.25, -0.2) is 0 Å². The molecule has 6 heavy (non-hydrogen) atoms. The molecule has 0 bridgehead atoms. The van der Waals surface area contributed by atoms with Crippen molar-refractivity contribution >= 4 is 14.5 Å². The number of hydrogen-bond donors (Lipinski definition) is 0. The number of hydrogen-bond acceptors (Lipinski definition) is 0. The van der Waals surface area contributed by atoms with Gasteiger partial charge in [-0.15, -0.1) is 8.20 Å². The van der Waals surface area contributed by atoms with E-state index in [0.29, 0.717) is 0 Å². The second-order valence-electron chi connectivity index (χ2n) is 0.316. The van der Waals surface area contributed by atoms with E-state index in [1.165, 1.54) is 8.20 Å². The summed E-state index contributed by atoms with van der Waals surface area (Å²) in [6.07, 6.45) is 3.46. The van der Waals surface area contributed by atoms with Crippen molar-refractivity contribution < 1.29 is 53.8 Å². The molecular formula is C3H8PWY-.